The minimum Gasteiger partial charge on any atom is -0.378 e. The van der Waals surface area contributed by atoms with E-state index in [9.17, 15) is 4.79 Å². The van der Waals surface area contributed by atoms with Gasteiger partial charge in [-0.05, 0) is 43.9 Å². The van der Waals surface area contributed by atoms with Gasteiger partial charge in [0.25, 0.3) is 5.91 Å². The lowest BCUT2D eigenvalue weighted by atomic mass is 10.0. The molecule has 0 aliphatic carbocycles. The number of guanidine groups is 1. The summed E-state index contributed by atoms with van der Waals surface area (Å²) in [4.78, 5) is 16.2. The molecule has 0 aliphatic rings. The Morgan fingerprint density at radius 3 is 2.38 bits per heavy atom. The quantitative estimate of drug-likeness (QED) is 0.442. The van der Waals surface area contributed by atoms with E-state index in [0.717, 1.165) is 37.6 Å². The topological polar surface area (TPSA) is 74.8 Å². The summed E-state index contributed by atoms with van der Waals surface area (Å²) in [5.41, 5.74) is 1.71. The van der Waals surface area contributed by atoms with E-state index >= 15 is 0 Å². The second-order valence-electron chi connectivity index (χ2n) is 6.42. The van der Waals surface area contributed by atoms with Crippen LogP contribution in [0.4, 0.5) is 0 Å². The maximum atomic E-state index is 11.6. The van der Waals surface area contributed by atoms with E-state index in [1.807, 2.05) is 38.1 Å². The lowest BCUT2D eigenvalue weighted by Crippen LogP contribution is -2.39. The number of hydrogen-bond acceptors (Lipinski definition) is 3. The third kappa shape index (κ3) is 7.87. The number of aliphatic imine (C=N–C) groups is 1. The molecule has 1 aromatic rings. The van der Waals surface area contributed by atoms with Gasteiger partial charge < -0.3 is 20.7 Å². The van der Waals surface area contributed by atoms with Gasteiger partial charge in [-0.25, -0.2) is 4.99 Å². The largest absolute Gasteiger partial charge is 0.378 e. The highest BCUT2D eigenvalue weighted by Crippen LogP contribution is 2.10. The molecule has 0 fully saturated rings. The average Bonchev–Trinajstić information content (AvgIpc) is 2.65. The van der Waals surface area contributed by atoms with E-state index in [2.05, 4.69) is 34.8 Å². The first-order valence-electron chi connectivity index (χ1n) is 9.46. The Kier molecular flexibility index (Phi) is 10.4. The number of carbonyl (C=O) groups excluding carboxylic acids is 1. The van der Waals surface area contributed by atoms with Gasteiger partial charge in [-0.3, -0.25) is 4.79 Å². The van der Waals surface area contributed by atoms with E-state index in [4.69, 9.17) is 4.74 Å². The van der Waals surface area contributed by atoms with Crippen molar-refractivity contribution in [3.05, 3.63) is 35.4 Å². The van der Waals surface area contributed by atoms with Crippen molar-refractivity contribution in [3.63, 3.8) is 0 Å². The second kappa shape index (κ2) is 12.3. The molecule has 0 heterocycles. The summed E-state index contributed by atoms with van der Waals surface area (Å²) in [6.45, 7) is 11.4. The third-order valence-corrected chi connectivity index (χ3v) is 4.05. The van der Waals surface area contributed by atoms with Gasteiger partial charge in [0.1, 0.15) is 0 Å². The molecule has 26 heavy (non-hydrogen) atoms. The van der Waals surface area contributed by atoms with Gasteiger partial charge in [0.2, 0.25) is 0 Å². The summed E-state index contributed by atoms with van der Waals surface area (Å²) in [5, 5.41) is 9.25. The van der Waals surface area contributed by atoms with Gasteiger partial charge in [0.15, 0.2) is 5.96 Å². The normalized spacial score (nSPS) is 12.8. The molecule has 1 aromatic carbocycles. The third-order valence-electron chi connectivity index (χ3n) is 4.05. The molecule has 0 bridgehead atoms. The maximum Gasteiger partial charge on any atom is 0.251 e. The first kappa shape index (κ1) is 22.0. The van der Waals surface area contributed by atoms with E-state index in [-0.39, 0.29) is 12.0 Å². The zero-order valence-electron chi connectivity index (χ0n) is 16.8. The van der Waals surface area contributed by atoms with Crippen LogP contribution in [0, 0.1) is 5.92 Å². The van der Waals surface area contributed by atoms with E-state index < -0.39 is 0 Å². The maximum absolute atomic E-state index is 11.6. The average molecular weight is 363 g/mol. The van der Waals surface area contributed by atoms with Crippen LogP contribution in [0.1, 0.15) is 50.0 Å². The fourth-order valence-corrected chi connectivity index (χ4v) is 2.57. The summed E-state index contributed by atoms with van der Waals surface area (Å²) < 4.78 is 5.78. The molecule has 1 atom stereocenters. The fraction of sp³-hybridized carbons (Fsp3) is 0.600. The van der Waals surface area contributed by atoms with Crippen molar-refractivity contribution in [2.24, 2.45) is 10.9 Å². The molecule has 3 N–H and O–H groups in total. The van der Waals surface area contributed by atoms with Crippen LogP contribution in [0.5, 0.6) is 0 Å². The highest BCUT2D eigenvalue weighted by Gasteiger charge is 2.13. The van der Waals surface area contributed by atoms with E-state index in [1.165, 1.54) is 0 Å². The number of benzene rings is 1. The predicted molar refractivity (Wildman–Crippen MR) is 108 cm³/mol. The van der Waals surface area contributed by atoms with E-state index in [1.54, 1.807) is 7.05 Å². The molecule has 1 amide bonds. The van der Waals surface area contributed by atoms with Crippen LogP contribution >= 0.6 is 0 Å². The van der Waals surface area contributed by atoms with Gasteiger partial charge in [-0.2, -0.15) is 0 Å². The number of rotatable bonds is 10. The smallest absolute Gasteiger partial charge is 0.251 e. The summed E-state index contributed by atoms with van der Waals surface area (Å²) in [6.07, 6.45) is 1.20. The Balaban J connectivity index is 2.58. The second-order valence-corrected chi connectivity index (χ2v) is 6.42. The zero-order valence-corrected chi connectivity index (χ0v) is 16.8. The highest BCUT2D eigenvalue weighted by molar-refractivity contribution is 5.93. The lowest BCUT2D eigenvalue weighted by Gasteiger charge is -2.21. The molecule has 1 unspecified atom stereocenters. The van der Waals surface area contributed by atoms with Crippen LogP contribution in [0.2, 0.25) is 0 Å². The summed E-state index contributed by atoms with van der Waals surface area (Å²) >= 11 is 0. The number of ether oxygens (including phenoxy) is 1. The van der Waals surface area contributed by atoms with Gasteiger partial charge in [-0.15, -0.1) is 0 Å². The van der Waals surface area contributed by atoms with Crippen LogP contribution in [-0.2, 0) is 11.3 Å². The van der Waals surface area contributed by atoms with Crippen LogP contribution < -0.4 is 16.0 Å². The van der Waals surface area contributed by atoms with Gasteiger partial charge in [0.05, 0.1) is 12.6 Å². The molecule has 6 heteroatoms. The lowest BCUT2D eigenvalue weighted by molar-refractivity contribution is 0.0258. The van der Waals surface area contributed by atoms with Crippen LogP contribution in [-0.4, -0.2) is 44.7 Å². The van der Waals surface area contributed by atoms with Gasteiger partial charge in [0, 0.05) is 32.3 Å². The van der Waals surface area contributed by atoms with Crippen LogP contribution in [0.15, 0.2) is 29.3 Å². The minimum atomic E-state index is -0.0796. The minimum absolute atomic E-state index is 0.0796. The molecule has 0 spiro atoms. The summed E-state index contributed by atoms with van der Waals surface area (Å²) in [6, 6.07) is 7.50. The Hall–Kier alpha value is -2.08. The summed E-state index contributed by atoms with van der Waals surface area (Å²) in [5.74, 6) is 1.21. The first-order valence-corrected chi connectivity index (χ1v) is 9.46. The molecular weight excluding hydrogens is 328 g/mol. The Morgan fingerprint density at radius 2 is 1.85 bits per heavy atom. The van der Waals surface area contributed by atoms with Crippen molar-refractivity contribution in [1.82, 2.24) is 16.0 Å². The molecule has 146 valence electrons. The standard InChI is InChI=1S/C20H34N4O2/c1-6-22-20(23-13-12-18(15(3)4)26-7-2)24-14-16-8-10-17(11-9-16)19(25)21-5/h8-11,15,18H,6-7,12-14H2,1-5H3,(H,21,25)(H2,22,23,24). The molecule has 0 saturated carbocycles. The first-order chi connectivity index (χ1) is 12.5. The van der Waals surface area contributed by atoms with Gasteiger partial charge >= 0.3 is 0 Å². The Bertz CT molecular complexity index is 555. The van der Waals surface area contributed by atoms with Crippen LogP contribution in [0.3, 0.4) is 0 Å². The van der Waals surface area contributed by atoms with Crippen molar-refractivity contribution >= 4 is 11.9 Å². The fourth-order valence-electron chi connectivity index (χ4n) is 2.57. The number of hydrogen-bond donors (Lipinski definition) is 3. The monoisotopic (exact) mass is 362 g/mol. The van der Waals surface area contributed by atoms with Crippen molar-refractivity contribution in [1.29, 1.82) is 0 Å². The van der Waals surface area contributed by atoms with Crippen molar-refractivity contribution in [2.45, 2.75) is 46.8 Å². The molecule has 0 aromatic heterocycles. The molecule has 0 aliphatic heterocycles. The molecule has 0 saturated heterocycles. The van der Waals surface area contributed by atoms with Crippen molar-refractivity contribution in [3.8, 4) is 0 Å². The number of amides is 1. The molecule has 1 rings (SSSR count). The summed E-state index contributed by atoms with van der Waals surface area (Å²) in [7, 11) is 1.63. The number of nitrogens with zero attached hydrogens (tertiary/aromatic N) is 1. The van der Waals surface area contributed by atoms with Crippen molar-refractivity contribution < 1.29 is 9.53 Å². The van der Waals surface area contributed by atoms with Gasteiger partial charge in [-0.1, -0.05) is 26.0 Å². The predicted octanol–water partition coefficient (Wildman–Crippen LogP) is 2.55. The highest BCUT2D eigenvalue weighted by atomic mass is 16.5. The molecule has 6 nitrogen and oxygen atoms in total. The van der Waals surface area contributed by atoms with Crippen LogP contribution in [0.25, 0.3) is 0 Å². The Labute approximate surface area is 157 Å². The SMILES string of the molecule is CCNC(=NCc1ccc(C(=O)NC)cc1)NCCC(OCC)C(C)C. The Morgan fingerprint density at radius 1 is 1.15 bits per heavy atom. The zero-order chi connectivity index (χ0) is 19.4. The van der Waals surface area contributed by atoms with E-state index in [0.29, 0.717) is 18.0 Å². The number of carbonyl (C=O) groups is 1. The molecule has 0 radical (unpaired) electrons. The number of nitrogens with one attached hydrogen (secondary N) is 3. The van der Waals surface area contributed by atoms with Crippen molar-refractivity contribution in [2.75, 3.05) is 26.7 Å². The molecular formula is C20H34N4O2.